The Kier molecular flexibility index (Phi) is 5.00. The van der Waals surface area contributed by atoms with Gasteiger partial charge in [-0.15, -0.1) is 11.3 Å². The fourth-order valence-electron chi connectivity index (χ4n) is 1.98. The van der Waals surface area contributed by atoms with Crippen molar-refractivity contribution in [3.8, 4) is 0 Å². The zero-order valence-corrected chi connectivity index (χ0v) is 12.7. The summed E-state index contributed by atoms with van der Waals surface area (Å²) in [6, 6.07) is 3.70. The Labute approximate surface area is 123 Å². The maximum Gasteiger partial charge on any atom is 0.409 e. The highest BCUT2D eigenvalue weighted by atomic mass is 32.1. The van der Waals surface area contributed by atoms with E-state index in [1.807, 2.05) is 31.4 Å². The van der Waals surface area contributed by atoms with Crippen LogP contribution in [-0.2, 0) is 4.74 Å². The summed E-state index contributed by atoms with van der Waals surface area (Å²) in [6.07, 6.45) is -0.276. The van der Waals surface area contributed by atoms with Gasteiger partial charge in [0.25, 0.3) is 5.91 Å². The zero-order valence-electron chi connectivity index (χ0n) is 11.9. The zero-order chi connectivity index (χ0) is 14.5. The van der Waals surface area contributed by atoms with E-state index < -0.39 is 0 Å². The molecule has 0 saturated carbocycles. The molecule has 0 spiro atoms. The van der Waals surface area contributed by atoms with Gasteiger partial charge < -0.3 is 14.5 Å². The maximum atomic E-state index is 12.2. The quantitative estimate of drug-likeness (QED) is 0.860. The summed E-state index contributed by atoms with van der Waals surface area (Å²) in [7, 11) is 0. The number of hydrogen-bond acceptors (Lipinski definition) is 4. The molecule has 1 aromatic rings. The number of ether oxygens (including phenoxy) is 1. The predicted octanol–water partition coefficient (Wildman–Crippen LogP) is 2.30. The van der Waals surface area contributed by atoms with Crippen molar-refractivity contribution in [2.24, 2.45) is 5.92 Å². The van der Waals surface area contributed by atoms with Gasteiger partial charge in [0.1, 0.15) is 0 Å². The van der Waals surface area contributed by atoms with Gasteiger partial charge in [0.15, 0.2) is 0 Å². The van der Waals surface area contributed by atoms with E-state index in [2.05, 4.69) is 0 Å². The molecule has 2 heterocycles. The molecule has 6 heteroatoms. The summed E-state index contributed by atoms with van der Waals surface area (Å²) in [5.74, 6) is 0.385. The second-order valence-electron chi connectivity index (χ2n) is 5.23. The highest BCUT2D eigenvalue weighted by molar-refractivity contribution is 7.12. The number of piperazine rings is 1. The number of thiophene rings is 1. The minimum Gasteiger partial charge on any atom is -0.449 e. The highest BCUT2D eigenvalue weighted by Gasteiger charge is 2.26. The minimum atomic E-state index is -0.276. The molecule has 0 atom stereocenters. The van der Waals surface area contributed by atoms with E-state index in [9.17, 15) is 9.59 Å². The molecule has 0 radical (unpaired) electrons. The summed E-state index contributed by atoms with van der Waals surface area (Å²) >= 11 is 1.45. The Morgan fingerprint density at radius 1 is 1.25 bits per heavy atom. The lowest BCUT2D eigenvalue weighted by Crippen LogP contribution is -2.50. The van der Waals surface area contributed by atoms with Crippen LogP contribution in [-0.4, -0.2) is 54.6 Å². The van der Waals surface area contributed by atoms with E-state index in [4.69, 9.17) is 4.74 Å². The minimum absolute atomic E-state index is 0.0511. The van der Waals surface area contributed by atoms with Crippen molar-refractivity contribution in [2.45, 2.75) is 13.8 Å². The van der Waals surface area contributed by atoms with Crippen molar-refractivity contribution in [2.75, 3.05) is 32.8 Å². The van der Waals surface area contributed by atoms with Crippen LogP contribution in [0.5, 0.6) is 0 Å². The van der Waals surface area contributed by atoms with Crippen molar-refractivity contribution in [1.29, 1.82) is 0 Å². The van der Waals surface area contributed by atoms with Gasteiger partial charge >= 0.3 is 6.09 Å². The standard InChI is InChI=1S/C14H20N2O3S/c1-11(2)10-19-14(18)16-7-5-15(6-8-16)13(17)12-4-3-9-20-12/h3-4,9,11H,5-8,10H2,1-2H3. The monoisotopic (exact) mass is 296 g/mol. The Morgan fingerprint density at radius 2 is 1.90 bits per heavy atom. The Hall–Kier alpha value is -1.56. The number of nitrogens with zero attached hydrogens (tertiary/aromatic N) is 2. The van der Waals surface area contributed by atoms with Crippen LogP contribution in [0.2, 0.25) is 0 Å². The fourth-order valence-corrected chi connectivity index (χ4v) is 2.67. The van der Waals surface area contributed by atoms with Crippen LogP contribution in [0, 0.1) is 5.92 Å². The molecule has 1 saturated heterocycles. The van der Waals surface area contributed by atoms with E-state index in [1.165, 1.54) is 11.3 Å². The Morgan fingerprint density at radius 3 is 2.45 bits per heavy atom. The van der Waals surface area contributed by atoms with Gasteiger partial charge in [0.05, 0.1) is 11.5 Å². The Balaban J connectivity index is 1.80. The molecule has 2 amide bonds. The number of carbonyl (C=O) groups is 2. The number of hydrogen-bond donors (Lipinski definition) is 0. The first-order valence-electron chi connectivity index (χ1n) is 6.82. The molecule has 1 aliphatic rings. The predicted molar refractivity (Wildman–Crippen MR) is 78.0 cm³/mol. The summed E-state index contributed by atoms with van der Waals surface area (Å²) in [5.41, 5.74) is 0. The first-order chi connectivity index (χ1) is 9.58. The van der Waals surface area contributed by atoms with E-state index >= 15 is 0 Å². The highest BCUT2D eigenvalue weighted by Crippen LogP contribution is 2.14. The molecule has 0 aromatic carbocycles. The molecule has 2 rings (SSSR count). The lowest BCUT2D eigenvalue weighted by Gasteiger charge is -2.34. The first kappa shape index (κ1) is 14.8. The molecule has 20 heavy (non-hydrogen) atoms. The molecule has 0 bridgehead atoms. The molecule has 1 fully saturated rings. The van der Waals surface area contributed by atoms with Crippen LogP contribution in [0.4, 0.5) is 4.79 Å². The van der Waals surface area contributed by atoms with Crippen LogP contribution in [0.25, 0.3) is 0 Å². The van der Waals surface area contributed by atoms with E-state index in [0.29, 0.717) is 38.7 Å². The summed E-state index contributed by atoms with van der Waals surface area (Å²) in [4.78, 5) is 28.2. The van der Waals surface area contributed by atoms with Gasteiger partial charge in [0.2, 0.25) is 0 Å². The molecular weight excluding hydrogens is 276 g/mol. The van der Waals surface area contributed by atoms with E-state index in [1.54, 1.807) is 9.80 Å². The smallest absolute Gasteiger partial charge is 0.409 e. The molecule has 110 valence electrons. The molecule has 0 aliphatic carbocycles. The third-order valence-electron chi connectivity index (χ3n) is 3.10. The molecule has 1 aliphatic heterocycles. The Bertz CT molecular complexity index is 451. The van der Waals surface area contributed by atoms with Crippen molar-refractivity contribution >= 4 is 23.3 Å². The SMILES string of the molecule is CC(C)COC(=O)N1CCN(C(=O)c2cccs2)CC1. The molecule has 1 aromatic heterocycles. The normalized spacial score (nSPS) is 15.6. The van der Waals surface area contributed by atoms with Gasteiger partial charge in [-0.05, 0) is 17.4 Å². The molecule has 0 unspecified atom stereocenters. The van der Waals surface area contributed by atoms with Crippen LogP contribution < -0.4 is 0 Å². The second kappa shape index (κ2) is 6.74. The van der Waals surface area contributed by atoms with Crippen molar-refractivity contribution in [3.05, 3.63) is 22.4 Å². The second-order valence-corrected chi connectivity index (χ2v) is 6.18. The van der Waals surface area contributed by atoms with Gasteiger partial charge in [-0.2, -0.15) is 0 Å². The number of rotatable bonds is 3. The van der Waals surface area contributed by atoms with E-state index in [0.717, 1.165) is 4.88 Å². The number of carbonyl (C=O) groups excluding carboxylic acids is 2. The maximum absolute atomic E-state index is 12.2. The first-order valence-corrected chi connectivity index (χ1v) is 7.70. The third-order valence-corrected chi connectivity index (χ3v) is 3.96. The lowest BCUT2D eigenvalue weighted by molar-refractivity contribution is 0.0538. The topological polar surface area (TPSA) is 49.9 Å². The molecular formula is C14H20N2O3S. The molecule has 5 nitrogen and oxygen atoms in total. The van der Waals surface area contributed by atoms with Crippen LogP contribution in [0.1, 0.15) is 23.5 Å². The summed E-state index contributed by atoms with van der Waals surface area (Å²) in [5, 5.41) is 1.90. The van der Waals surface area contributed by atoms with Crippen molar-refractivity contribution < 1.29 is 14.3 Å². The summed E-state index contributed by atoms with van der Waals surface area (Å²) in [6.45, 7) is 6.64. The van der Waals surface area contributed by atoms with Gasteiger partial charge in [-0.3, -0.25) is 4.79 Å². The lowest BCUT2D eigenvalue weighted by atomic mass is 10.2. The largest absolute Gasteiger partial charge is 0.449 e. The van der Waals surface area contributed by atoms with Crippen LogP contribution in [0.15, 0.2) is 17.5 Å². The van der Waals surface area contributed by atoms with Crippen LogP contribution >= 0.6 is 11.3 Å². The summed E-state index contributed by atoms with van der Waals surface area (Å²) < 4.78 is 5.20. The number of amides is 2. The average molecular weight is 296 g/mol. The van der Waals surface area contributed by atoms with Gasteiger partial charge in [0, 0.05) is 26.2 Å². The molecule has 0 N–H and O–H groups in total. The third kappa shape index (κ3) is 3.72. The average Bonchev–Trinajstić information content (AvgIpc) is 2.98. The van der Waals surface area contributed by atoms with Gasteiger partial charge in [-0.1, -0.05) is 19.9 Å². The van der Waals surface area contributed by atoms with Crippen molar-refractivity contribution in [3.63, 3.8) is 0 Å². The van der Waals surface area contributed by atoms with E-state index in [-0.39, 0.29) is 12.0 Å². The van der Waals surface area contributed by atoms with Crippen molar-refractivity contribution in [1.82, 2.24) is 9.80 Å². The van der Waals surface area contributed by atoms with Crippen LogP contribution in [0.3, 0.4) is 0 Å². The van der Waals surface area contributed by atoms with Gasteiger partial charge in [-0.25, -0.2) is 4.79 Å². The fraction of sp³-hybridized carbons (Fsp3) is 0.571.